The number of benzene rings is 1. The summed E-state index contributed by atoms with van der Waals surface area (Å²) in [5.74, 6) is -0.0595. The highest BCUT2D eigenvalue weighted by atomic mass is 16.2. The number of ketones is 1. The first-order chi connectivity index (χ1) is 11.3. The van der Waals surface area contributed by atoms with Gasteiger partial charge in [0.1, 0.15) is 5.56 Å². The van der Waals surface area contributed by atoms with Gasteiger partial charge in [-0.1, -0.05) is 13.8 Å². The van der Waals surface area contributed by atoms with Crippen LogP contribution in [0.2, 0.25) is 0 Å². The van der Waals surface area contributed by atoms with Gasteiger partial charge in [0, 0.05) is 32.4 Å². The molecule has 0 amide bonds. The first-order valence-electron chi connectivity index (χ1n) is 7.79. The van der Waals surface area contributed by atoms with Crippen molar-refractivity contribution in [1.82, 2.24) is 18.9 Å². The molecule has 3 aromatic rings. The van der Waals surface area contributed by atoms with Crippen molar-refractivity contribution in [2.45, 2.75) is 20.4 Å². The highest BCUT2D eigenvalue weighted by Crippen LogP contribution is 2.18. The third kappa shape index (κ3) is 2.42. The first-order valence-corrected chi connectivity index (χ1v) is 7.79. The van der Waals surface area contributed by atoms with E-state index in [1.54, 1.807) is 41.4 Å². The van der Waals surface area contributed by atoms with Gasteiger partial charge >= 0.3 is 5.69 Å². The molecule has 2 aromatic heterocycles. The summed E-state index contributed by atoms with van der Waals surface area (Å²) < 4.78 is 4.50. The van der Waals surface area contributed by atoms with Crippen LogP contribution in [0.5, 0.6) is 0 Å². The fourth-order valence-electron chi connectivity index (χ4n) is 2.87. The van der Waals surface area contributed by atoms with E-state index in [2.05, 4.69) is 5.10 Å². The van der Waals surface area contributed by atoms with Gasteiger partial charge in [-0.15, -0.1) is 0 Å². The summed E-state index contributed by atoms with van der Waals surface area (Å²) in [5, 5.41) is 2.70. The largest absolute Gasteiger partial charge is 0.328 e. The summed E-state index contributed by atoms with van der Waals surface area (Å²) in [4.78, 5) is 37.0. The molecule has 3 rings (SSSR count). The van der Waals surface area contributed by atoms with Gasteiger partial charge in [-0.2, -0.15) is 0 Å². The van der Waals surface area contributed by atoms with Crippen LogP contribution in [0.25, 0.3) is 11.0 Å². The van der Waals surface area contributed by atoms with Crippen molar-refractivity contribution in [2.75, 3.05) is 0 Å². The molecule has 0 aliphatic heterocycles. The second-order valence-electron chi connectivity index (χ2n) is 6.43. The number of carbonyl (C=O) groups excluding carboxylic acids is 1. The van der Waals surface area contributed by atoms with E-state index in [9.17, 15) is 14.4 Å². The number of H-pyrrole nitrogens is 1. The normalized spacial score (nSPS) is 11.5. The second-order valence-corrected chi connectivity index (χ2v) is 6.43. The van der Waals surface area contributed by atoms with Gasteiger partial charge in [0.15, 0.2) is 5.78 Å². The summed E-state index contributed by atoms with van der Waals surface area (Å²) in [7, 11) is 3.27. The van der Waals surface area contributed by atoms with Gasteiger partial charge in [0.2, 0.25) is 0 Å². The predicted octanol–water partition coefficient (Wildman–Crippen LogP) is 1.25. The Bertz CT molecular complexity index is 1050. The number of aryl methyl sites for hydroxylation is 2. The molecule has 0 fully saturated rings. The fourth-order valence-corrected chi connectivity index (χ4v) is 2.87. The number of aromatic amines is 1. The molecule has 0 spiro atoms. The van der Waals surface area contributed by atoms with Crippen LogP contribution in [-0.2, 0) is 20.6 Å². The van der Waals surface area contributed by atoms with E-state index in [-0.39, 0.29) is 22.6 Å². The number of aromatic nitrogens is 4. The third-order valence-corrected chi connectivity index (χ3v) is 4.14. The van der Waals surface area contributed by atoms with Crippen molar-refractivity contribution in [3.05, 3.63) is 56.4 Å². The van der Waals surface area contributed by atoms with Crippen LogP contribution >= 0.6 is 0 Å². The Labute approximate surface area is 138 Å². The van der Waals surface area contributed by atoms with Crippen LogP contribution in [0.4, 0.5) is 0 Å². The maximum absolute atomic E-state index is 12.6. The van der Waals surface area contributed by atoms with Gasteiger partial charge < -0.3 is 5.10 Å². The molecule has 24 heavy (non-hydrogen) atoms. The SMILES string of the molecule is CC(C)Cn1c(=O)n(C)c2ccc(C(=O)c3c[nH]n(C)c3=O)cc21. The van der Waals surface area contributed by atoms with Crippen LogP contribution in [0.1, 0.15) is 29.8 Å². The molecular formula is C17H20N4O3. The molecule has 0 aliphatic rings. The van der Waals surface area contributed by atoms with E-state index in [4.69, 9.17) is 0 Å². The lowest BCUT2D eigenvalue weighted by Gasteiger charge is -2.07. The lowest BCUT2D eigenvalue weighted by Crippen LogP contribution is -2.24. The van der Waals surface area contributed by atoms with Crippen molar-refractivity contribution >= 4 is 16.8 Å². The quantitative estimate of drug-likeness (QED) is 0.732. The van der Waals surface area contributed by atoms with E-state index in [0.717, 1.165) is 5.52 Å². The number of imidazole rings is 1. The van der Waals surface area contributed by atoms with Crippen molar-refractivity contribution in [3.8, 4) is 0 Å². The molecule has 1 aromatic carbocycles. The number of hydrogen-bond donors (Lipinski definition) is 1. The van der Waals surface area contributed by atoms with Crippen molar-refractivity contribution < 1.29 is 4.79 Å². The summed E-state index contributed by atoms with van der Waals surface area (Å²) in [6, 6.07) is 5.09. The number of hydrogen-bond acceptors (Lipinski definition) is 3. The number of nitrogens with one attached hydrogen (secondary N) is 1. The summed E-state index contributed by atoms with van der Waals surface area (Å²) in [6.07, 6.45) is 1.40. The molecule has 0 saturated heterocycles. The zero-order chi connectivity index (χ0) is 17.6. The van der Waals surface area contributed by atoms with Gasteiger partial charge in [-0.05, 0) is 24.1 Å². The van der Waals surface area contributed by atoms with E-state index in [1.807, 2.05) is 13.8 Å². The maximum atomic E-state index is 12.6. The van der Waals surface area contributed by atoms with E-state index in [0.29, 0.717) is 23.5 Å². The van der Waals surface area contributed by atoms with Crippen molar-refractivity contribution in [3.63, 3.8) is 0 Å². The Morgan fingerprint density at radius 1 is 1.17 bits per heavy atom. The molecule has 1 N–H and O–H groups in total. The fraction of sp³-hybridized carbons (Fsp3) is 0.353. The first kappa shape index (κ1) is 16.0. The molecule has 0 saturated carbocycles. The summed E-state index contributed by atoms with van der Waals surface area (Å²) in [5.41, 5.74) is 1.47. The van der Waals surface area contributed by atoms with Crippen molar-refractivity contribution in [1.29, 1.82) is 0 Å². The smallest absolute Gasteiger partial charge is 0.302 e. The van der Waals surface area contributed by atoms with Crippen LogP contribution in [-0.4, -0.2) is 24.7 Å². The zero-order valence-corrected chi connectivity index (χ0v) is 14.2. The Balaban J connectivity index is 2.17. The number of nitrogens with zero attached hydrogens (tertiary/aromatic N) is 3. The van der Waals surface area contributed by atoms with Crippen molar-refractivity contribution in [2.24, 2.45) is 20.0 Å². The lowest BCUT2D eigenvalue weighted by atomic mass is 10.1. The lowest BCUT2D eigenvalue weighted by molar-refractivity contribution is 0.103. The average molecular weight is 328 g/mol. The number of carbonyl (C=O) groups is 1. The van der Waals surface area contributed by atoms with Crippen LogP contribution < -0.4 is 11.2 Å². The average Bonchev–Trinajstić information content (AvgIpc) is 2.99. The maximum Gasteiger partial charge on any atom is 0.328 e. The Morgan fingerprint density at radius 2 is 1.88 bits per heavy atom. The van der Waals surface area contributed by atoms with Gasteiger partial charge in [-0.3, -0.25) is 23.4 Å². The molecule has 0 unspecified atom stereocenters. The highest BCUT2D eigenvalue weighted by Gasteiger charge is 2.18. The second kappa shape index (κ2) is 5.67. The Morgan fingerprint density at radius 3 is 2.46 bits per heavy atom. The Hall–Kier alpha value is -2.83. The summed E-state index contributed by atoms with van der Waals surface area (Å²) in [6.45, 7) is 4.63. The minimum Gasteiger partial charge on any atom is -0.302 e. The zero-order valence-electron chi connectivity index (χ0n) is 14.2. The molecule has 126 valence electrons. The Kier molecular flexibility index (Phi) is 3.79. The summed E-state index contributed by atoms with van der Waals surface area (Å²) >= 11 is 0. The van der Waals surface area contributed by atoms with Gasteiger partial charge in [0.05, 0.1) is 11.0 Å². The van der Waals surface area contributed by atoms with Crippen LogP contribution in [0.15, 0.2) is 34.0 Å². The van der Waals surface area contributed by atoms with Crippen LogP contribution in [0.3, 0.4) is 0 Å². The minimum atomic E-state index is -0.368. The third-order valence-electron chi connectivity index (χ3n) is 4.14. The molecule has 7 nitrogen and oxygen atoms in total. The van der Waals surface area contributed by atoms with Gasteiger partial charge in [0.25, 0.3) is 5.56 Å². The highest BCUT2D eigenvalue weighted by molar-refractivity contribution is 6.10. The molecule has 2 heterocycles. The van der Waals surface area contributed by atoms with Gasteiger partial charge in [-0.25, -0.2) is 4.79 Å². The molecule has 0 atom stereocenters. The van der Waals surface area contributed by atoms with E-state index in [1.165, 1.54) is 10.9 Å². The molecule has 0 radical (unpaired) electrons. The standard InChI is InChI=1S/C17H20N4O3/c1-10(2)9-21-14-7-11(5-6-13(14)19(3)17(21)24)15(22)12-8-18-20(4)16(12)23/h5-8,10,18H,9H2,1-4H3. The topological polar surface area (TPSA) is 81.8 Å². The molecule has 0 bridgehead atoms. The van der Waals surface area contributed by atoms with E-state index < -0.39 is 0 Å². The number of rotatable bonds is 4. The minimum absolute atomic E-state index is 0.0885. The van der Waals surface area contributed by atoms with E-state index >= 15 is 0 Å². The van der Waals surface area contributed by atoms with Crippen LogP contribution in [0, 0.1) is 5.92 Å². The molecule has 0 aliphatic carbocycles. The molecular weight excluding hydrogens is 308 g/mol. The number of fused-ring (bicyclic) bond motifs is 1. The molecule has 7 heteroatoms. The predicted molar refractivity (Wildman–Crippen MR) is 91.5 cm³/mol. The monoisotopic (exact) mass is 328 g/mol.